The molecule has 3 saturated heterocycles. The first-order valence-electron chi connectivity index (χ1n) is 11.1. The molecule has 3 fully saturated rings. The third kappa shape index (κ3) is 5.57. The minimum Gasteiger partial charge on any atom is -0.381 e. The Bertz CT molecular complexity index is 758. The topological polar surface area (TPSA) is 75.2 Å². The highest BCUT2D eigenvalue weighted by Crippen LogP contribution is 2.28. The molecule has 30 heavy (non-hydrogen) atoms. The Morgan fingerprint density at radius 3 is 2.70 bits per heavy atom. The number of sulfonamides is 1. The molecule has 3 aliphatic heterocycles. The van der Waals surface area contributed by atoms with Gasteiger partial charge in [0, 0.05) is 70.9 Å². The molecule has 1 aromatic heterocycles. The van der Waals surface area contributed by atoms with Gasteiger partial charge in [-0.2, -0.15) is 4.31 Å². The lowest BCUT2D eigenvalue weighted by Gasteiger charge is -2.45. The summed E-state index contributed by atoms with van der Waals surface area (Å²) >= 11 is 0. The van der Waals surface area contributed by atoms with Crippen molar-refractivity contribution in [1.29, 1.82) is 0 Å². The Labute approximate surface area is 180 Å². The maximum atomic E-state index is 13.0. The highest BCUT2D eigenvalue weighted by Gasteiger charge is 2.37. The van der Waals surface area contributed by atoms with Gasteiger partial charge in [0.2, 0.25) is 10.0 Å². The van der Waals surface area contributed by atoms with Crippen LogP contribution in [0.25, 0.3) is 0 Å². The van der Waals surface area contributed by atoms with Crippen LogP contribution >= 0.6 is 0 Å². The van der Waals surface area contributed by atoms with Crippen molar-refractivity contribution < 1.29 is 17.9 Å². The van der Waals surface area contributed by atoms with Crippen molar-refractivity contribution in [2.24, 2.45) is 5.92 Å². The normalized spacial score (nSPS) is 27.1. The van der Waals surface area contributed by atoms with Gasteiger partial charge in [0.25, 0.3) is 0 Å². The van der Waals surface area contributed by atoms with Crippen molar-refractivity contribution in [3.05, 3.63) is 24.5 Å². The zero-order valence-electron chi connectivity index (χ0n) is 17.7. The molecule has 3 aliphatic rings. The number of piperidine rings is 1. The molecule has 0 radical (unpaired) electrons. The predicted octanol–water partition coefficient (Wildman–Crippen LogP) is 0.905. The van der Waals surface area contributed by atoms with E-state index >= 15 is 0 Å². The molecule has 0 N–H and O–H groups in total. The minimum absolute atomic E-state index is 0.283. The largest absolute Gasteiger partial charge is 0.381 e. The molecule has 8 nitrogen and oxygen atoms in total. The zero-order chi connectivity index (χ0) is 20.8. The molecular formula is C21H34N4O4S. The molecule has 4 rings (SSSR count). The number of ether oxygens (including phenoxy) is 2. The standard InChI is InChI=1S/C21H34N4O4S/c26-30(27,21-2-5-22-6-3-21)25-10-9-24-8-4-19(16-20(24)17-25)18-29-13-1-7-23-11-14-28-15-12-23/h2-3,5-6,19-20H,1,4,7-18H2. The summed E-state index contributed by atoms with van der Waals surface area (Å²) in [6.07, 6.45) is 6.27. The van der Waals surface area contributed by atoms with E-state index in [1.54, 1.807) is 16.4 Å². The van der Waals surface area contributed by atoms with Crippen molar-refractivity contribution in [2.45, 2.75) is 30.2 Å². The van der Waals surface area contributed by atoms with Crippen LogP contribution in [-0.2, 0) is 19.5 Å². The van der Waals surface area contributed by atoms with E-state index in [2.05, 4.69) is 14.8 Å². The lowest BCUT2D eigenvalue weighted by molar-refractivity contribution is 0.0120. The molecule has 0 saturated carbocycles. The number of hydrogen-bond acceptors (Lipinski definition) is 7. The fraction of sp³-hybridized carbons (Fsp3) is 0.762. The third-order valence-electron chi connectivity index (χ3n) is 6.51. The molecule has 0 spiro atoms. The fourth-order valence-corrected chi connectivity index (χ4v) is 6.18. The minimum atomic E-state index is -3.44. The predicted molar refractivity (Wildman–Crippen MR) is 114 cm³/mol. The number of aromatic nitrogens is 1. The van der Waals surface area contributed by atoms with Crippen LogP contribution in [0, 0.1) is 5.92 Å². The monoisotopic (exact) mass is 438 g/mol. The van der Waals surface area contributed by atoms with Crippen molar-refractivity contribution in [3.63, 3.8) is 0 Å². The van der Waals surface area contributed by atoms with Crippen molar-refractivity contribution in [2.75, 3.05) is 72.2 Å². The summed E-state index contributed by atoms with van der Waals surface area (Å²) in [6, 6.07) is 3.44. The Balaban J connectivity index is 1.21. The molecular weight excluding hydrogens is 404 g/mol. The first-order chi connectivity index (χ1) is 14.6. The number of rotatable bonds is 8. The molecule has 0 amide bonds. The summed E-state index contributed by atoms with van der Waals surface area (Å²) < 4.78 is 38.9. The van der Waals surface area contributed by atoms with E-state index in [1.165, 1.54) is 12.4 Å². The number of morpholine rings is 1. The molecule has 1 aromatic rings. The van der Waals surface area contributed by atoms with E-state index in [9.17, 15) is 8.42 Å². The molecule has 0 aromatic carbocycles. The van der Waals surface area contributed by atoms with Crippen LogP contribution in [0.15, 0.2) is 29.4 Å². The Hall–Kier alpha value is -1.10. The summed E-state index contributed by atoms with van der Waals surface area (Å²) in [5.74, 6) is 0.512. The lowest BCUT2D eigenvalue weighted by Crippen LogP contribution is -2.57. The van der Waals surface area contributed by atoms with Gasteiger partial charge in [-0.05, 0) is 43.9 Å². The van der Waals surface area contributed by atoms with Gasteiger partial charge >= 0.3 is 0 Å². The van der Waals surface area contributed by atoms with Gasteiger partial charge in [0.1, 0.15) is 0 Å². The first kappa shape index (κ1) is 22.1. The van der Waals surface area contributed by atoms with Crippen LogP contribution in [0.1, 0.15) is 19.3 Å². The number of fused-ring (bicyclic) bond motifs is 1. The summed E-state index contributed by atoms with van der Waals surface area (Å²) in [5.41, 5.74) is 0. The quantitative estimate of drug-likeness (QED) is 0.559. The number of piperazine rings is 1. The van der Waals surface area contributed by atoms with Gasteiger partial charge in [-0.25, -0.2) is 8.42 Å². The van der Waals surface area contributed by atoms with Crippen molar-refractivity contribution >= 4 is 10.0 Å². The van der Waals surface area contributed by atoms with Crippen LogP contribution in [0.3, 0.4) is 0 Å². The van der Waals surface area contributed by atoms with E-state index in [0.29, 0.717) is 23.9 Å². The van der Waals surface area contributed by atoms with E-state index in [0.717, 1.165) is 78.4 Å². The molecule has 0 bridgehead atoms. The Morgan fingerprint density at radius 2 is 1.90 bits per heavy atom. The van der Waals surface area contributed by atoms with Crippen LogP contribution in [0.4, 0.5) is 0 Å². The second-order valence-electron chi connectivity index (χ2n) is 8.51. The second kappa shape index (κ2) is 10.5. The molecule has 0 aliphatic carbocycles. The van der Waals surface area contributed by atoms with E-state index in [-0.39, 0.29) is 6.04 Å². The average molecular weight is 439 g/mol. The van der Waals surface area contributed by atoms with Gasteiger partial charge in [0.15, 0.2) is 0 Å². The highest BCUT2D eigenvalue weighted by atomic mass is 32.2. The summed E-state index contributed by atoms with van der Waals surface area (Å²) in [5, 5.41) is 0. The molecule has 2 atom stereocenters. The lowest BCUT2D eigenvalue weighted by atomic mass is 9.90. The molecule has 168 valence electrons. The summed E-state index contributed by atoms with van der Waals surface area (Å²) in [6.45, 7) is 9.36. The number of nitrogens with zero attached hydrogens (tertiary/aromatic N) is 4. The number of pyridine rings is 1. The highest BCUT2D eigenvalue weighted by molar-refractivity contribution is 7.89. The van der Waals surface area contributed by atoms with Crippen LogP contribution in [-0.4, -0.2) is 106 Å². The van der Waals surface area contributed by atoms with Crippen molar-refractivity contribution in [3.8, 4) is 0 Å². The van der Waals surface area contributed by atoms with Gasteiger partial charge in [-0.1, -0.05) is 0 Å². The van der Waals surface area contributed by atoms with Gasteiger partial charge < -0.3 is 9.47 Å². The van der Waals surface area contributed by atoms with Crippen LogP contribution in [0.5, 0.6) is 0 Å². The molecule has 4 heterocycles. The smallest absolute Gasteiger partial charge is 0.243 e. The van der Waals surface area contributed by atoms with E-state index in [1.807, 2.05) is 0 Å². The number of hydrogen-bond donors (Lipinski definition) is 0. The van der Waals surface area contributed by atoms with Crippen molar-refractivity contribution in [1.82, 2.24) is 19.1 Å². The zero-order valence-corrected chi connectivity index (χ0v) is 18.5. The third-order valence-corrected chi connectivity index (χ3v) is 8.38. The van der Waals surface area contributed by atoms with E-state index < -0.39 is 10.0 Å². The van der Waals surface area contributed by atoms with Gasteiger partial charge in [-0.15, -0.1) is 0 Å². The van der Waals surface area contributed by atoms with E-state index in [4.69, 9.17) is 9.47 Å². The van der Waals surface area contributed by atoms with Crippen LogP contribution in [0.2, 0.25) is 0 Å². The maximum absolute atomic E-state index is 13.0. The first-order valence-corrected chi connectivity index (χ1v) is 12.6. The SMILES string of the molecule is O=S(=O)(c1ccncc1)N1CCN2CCC(COCCCN3CCOCC3)CC2C1. The fourth-order valence-electron chi connectivity index (χ4n) is 4.73. The maximum Gasteiger partial charge on any atom is 0.243 e. The van der Waals surface area contributed by atoms with Gasteiger partial charge in [-0.3, -0.25) is 14.8 Å². The Morgan fingerprint density at radius 1 is 1.10 bits per heavy atom. The molecule has 9 heteroatoms. The van der Waals surface area contributed by atoms with Gasteiger partial charge in [0.05, 0.1) is 18.1 Å². The summed E-state index contributed by atoms with van der Waals surface area (Å²) in [4.78, 5) is 9.16. The molecule has 2 unspecified atom stereocenters. The second-order valence-corrected chi connectivity index (χ2v) is 10.4. The average Bonchev–Trinajstić information content (AvgIpc) is 2.79. The Kier molecular flexibility index (Phi) is 7.72. The van der Waals surface area contributed by atoms with Crippen LogP contribution < -0.4 is 0 Å². The summed E-state index contributed by atoms with van der Waals surface area (Å²) in [7, 11) is -3.44.